The molecule has 1 fully saturated rings. The Balaban J connectivity index is 2.51. The van der Waals surface area contributed by atoms with Crippen molar-refractivity contribution in [1.29, 1.82) is 0 Å². The van der Waals surface area contributed by atoms with Crippen LogP contribution < -0.4 is 0 Å². The quantitative estimate of drug-likeness (QED) is 0.752. The van der Waals surface area contributed by atoms with E-state index in [-0.39, 0.29) is 19.4 Å². The number of ether oxygens (including phenoxy) is 1. The van der Waals surface area contributed by atoms with Crippen LogP contribution in [0.2, 0.25) is 0 Å². The summed E-state index contributed by atoms with van der Waals surface area (Å²) in [6.45, 7) is 5.26. The van der Waals surface area contributed by atoms with E-state index >= 15 is 0 Å². The van der Waals surface area contributed by atoms with Crippen molar-refractivity contribution in [2.24, 2.45) is 0 Å². The molecule has 0 spiro atoms. The fourth-order valence-electron chi connectivity index (χ4n) is 2.24. The molecule has 116 valence electrons. The van der Waals surface area contributed by atoms with Crippen LogP contribution in [0.5, 0.6) is 0 Å². The zero-order valence-corrected chi connectivity index (χ0v) is 11.9. The first kappa shape index (κ1) is 16.8. The highest BCUT2D eigenvalue weighted by molar-refractivity contribution is 5.82. The molecule has 20 heavy (non-hydrogen) atoms. The van der Waals surface area contributed by atoms with Crippen molar-refractivity contribution < 1.29 is 27.5 Å². The monoisotopic (exact) mass is 295 g/mol. The highest BCUT2D eigenvalue weighted by Gasteiger charge is 2.45. The normalized spacial score (nSPS) is 20.1. The van der Waals surface area contributed by atoms with Crippen molar-refractivity contribution in [3.8, 4) is 0 Å². The second-order valence-corrected chi connectivity index (χ2v) is 5.92. The van der Waals surface area contributed by atoms with Crippen molar-refractivity contribution >= 4 is 11.9 Å². The van der Waals surface area contributed by atoms with Gasteiger partial charge in [-0.15, -0.1) is 0 Å². The number of nitrogens with zero attached hydrogens (tertiary/aromatic N) is 1. The van der Waals surface area contributed by atoms with Gasteiger partial charge in [0.1, 0.15) is 5.60 Å². The molecule has 4 nitrogen and oxygen atoms in total. The second kappa shape index (κ2) is 6.01. The van der Waals surface area contributed by atoms with E-state index < -0.39 is 29.7 Å². The average Bonchev–Trinajstić information content (AvgIpc) is 2.69. The summed E-state index contributed by atoms with van der Waals surface area (Å²) in [7, 11) is 0. The van der Waals surface area contributed by atoms with Crippen LogP contribution in [0.25, 0.3) is 0 Å². The molecule has 0 aromatic rings. The molecule has 0 saturated carbocycles. The molecular weight excluding hydrogens is 275 g/mol. The molecule has 0 unspecified atom stereocenters. The molecule has 0 bridgehead atoms. The highest BCUT2D eigenvalue weighted by atomic mass is 19.4. The van der Waals surface area contributed by atoms with Gasteiger partial charge < -0.3 is 9.64 Å². The third-order valence-corrected chi connectivity index (χ3v) is 2.98. The molecule has 0 radical (unpaired) electrons. The van der Waals surface area contributed by atoms with Gasteiger partial charge in [-0.25, -0.2) is 0 Å². The zero-order valence-electron chi connectivity index (χ0n) is 11.9. The van der Waals surface area contributed by atoms with Crippen LogP contribution in [-0.4, -0.2) is 41.1 Å². The maximum Gasteiger partial charge on any atom is 0.471 e. The Kier molecular flexibility index (Phi) is 5.05. The standard InChI is InChI=1S/C13H20F3NO3/c1-12(2,3)20-10(18)7-6-9-5-4-8-17(9)11(19)13(14,15)16/h9H,4-8H2,1-3H3/t9-/m0/s1. The summed E-state index contributed by atoms with van der Waals surface area (Å²) >= 11 is 0. The lowest BCUT2D eigenvalue weighted by atomic mass is 10.1. The smallest absolute Gasteiger partial charge is 0.460 e. The van der Waals surface area contributed by atoms with Crippen LogP contribution in [0.15, 0.2) is 0 Å². The maximum atomic E-state index is 12.4. The molecule has 1 saturated heterocycles. The number of halogens is 3. The van der Waals surface area contributed by atoms with Crippen LogP contribution in [-0.2, 0) is 14.3 Å². The molecule has 7 heteroatoms. The second-order valence-electron chi connectivity index (χ2n) is 5.92. The van der Waals surface area contributed by atoms with E-state index in [1.807, 2.05) is 0 Å². The number of hydrogen-bond acceptors (Lipinski definition) is 3. The summed E-state index contributed by atoms with van der Waals surface area (Å²) in [5.74, 6) is -2.27. The molecule has 0 aromatic heterocycles. The molecule has 0 aliphatic carbocycles. The lowest BCUT2D eigenvalue weighted by Gasteiger charge is -2.26. The van der Waals surface area contributed by atoms with Crippen molar-refractivity contribution in [1.82, 2.24) is 4.90 Å². The van der Waals surface area contributed by atoms with Crippen molar-refractivity contribution in [3.63, 3.8) is 0 Å². The number of likely N-dealkylation sites (tertiary alicyclic amines) is 1. The molecule has 0 aromatic carbocycles. The van der Waals surface area contributed by atoms with Gasteiger partial charge in [-0.05, 0) is 40.0 Å². The van der Waals surface area contributed by atoms with Gasteiger partial charge in [-0.3, -0.25) is 9.59 Å². The summed E-state index contributed by atoms with van der Waals surface area (Å²) in [6.07, 6.45) is -3.61. The van der Waals surface area contributed by atoms with Gasteiger partial charge in [-0.2, -0.15) is 13.2 Å². The van der Waals surface area contributed by atoms with Gasteiger partial charge in [0.15, 0.2) is 0 Å². The first-order chi connectivity index (χ1) is 9.00. The zero-order chi connectivity index (χ0) is 15.6. The maximum absolute atomic E-state index is 12.4. The largest absolute Gasteiger partial charge is 0.471 e. The first-order valence-electron chi connectivity index (χ1n) is 6.60. The van der Waals surface area contributed by atoms with Gasteiger partial charge >= 0.3 is 18.1 Å². The number of alkyl halides is 3. The number of carbonyl (C=O) groups excluding carboxylic acids is 2. The number of carbonyl (C=O) groups is 2. The summed E-state index contributed by atoms with van der Waals surface area (Å²) in [4.78, 5) is 23.6. The first-order valence-corrected chi connectivity index (χ1v) is 6.60. The van der Waals surface area contributed by atoms with Gasteiger partial charge in [0.25, 0.3) is 0 Å². The van der Waals surface area contributed by atoms with E-state index in [0.29, 0.717) is 12.8 Å². The lowest BCUT2D eigenvalue weighted by molar-refractivity contribution is -0.186. The molecule has 1 aliphatic rings. The molecule has 1 aliphatic heterocycles. The van der Waals surface area contributed by atoms with Crippen LogP contribution >= 0.6 is 0 Å². The van der Waals surface area contributed by atoms with Crippen molar-refractivity contribution in [2.75, 3.05) is 6.54 Å². The molecule has 1 amide bonds. The van der Waals surface area contributed by atoms with Crippen LogP contribution in [0.3, 0.4) is 0 Å². The Hall–Kier alpha value is -1.27. The highest BCUT2D eigenvalue weighted by Crippen LogP contribution is 2.28. The van der Waals surface area contributed by atoms with E-state index in [2.05, 4.69) is 0 Å². The van der Waals surface area contributed by atoms with Crippen molar-refractivity contribution in [3.05, 3.63) is 0 Å². The third-order valence-electron chi connectivity index (χ3n) is 2.98. The Morgan fingerprint density at radius 1 is 1.25 bits per heavy atom. The summed E-state index contributed by atoms with van der Waals surface area (Å²) in [5.41, 5.74) is -0.617. The summed E-state index contributed by atoms with van der Waals surface area (Å²) in [6, 6.07) is -0.531. The third kappa shape index (κ3) is 5.02. The van der Waals surface area contributed by atoms with Gasteiger partial charge in [0.2, 0.25) is 0 Å². The van der Waals surface area contributed by atoms with Crippen LogP contribution in [0.4, 0.5) is 13.2 Å². The van der Waals surface area contributed by atoms with Crippen molar-refractivity contribution in [2.45, 2.75) is 64.3 Å². The van der Waals surface area contributed by atoms with Gasteiger partial charge in [0, 0.05) is 19.0 Å². The number of hydrogen-bond donors (Lipinski definition) is 0. The fourth-order valence-corrected chi connectivity index (χ4v) is 2.24. The minimum absolute atomic E-state index is 0.0174. The molecule has 1 atom stereocenters. The predicted octanol–water partition coefficient (Wildman–Crippen LogP) is 2.66. The lowest BCUT2D eigenvalue weighted by Crippen LogP contribution is -2.44. The van der Waals surface area contributed by atoms with E-state index in [1.165, 1.54) is 0 Å². The average molecular weight is 295 g/mol. The Labute approximate surface area is 116 Å². The van der Waals surface area contributed by atoms with E-state index in [9.17, 15) is 22.8 Å². The van der Waals surface area contributed by atoms with E-state index in [1.54, 1.807) is 20.8 Å². The topological polar surface area (TPSA) is 46.6 Å². The molecule has 1 rings (SSSR count). The number of esters is 1. The minimum Gasteiger partial charge on any atom is -0.460 e. The van der Waals surface area contributed by atoms with E-state index in [0.717, 1.165) is 4.90 Å². The number of rotatable bonds is 3. The Morgan fingerprint density at radius 2 is 1.85 bits per heavy atom. The van der Waals surface area contributed by atoms with Gasteiger partial charge in [-0.1, -0.05) is 0 Å². The van der Waals surface area contributed by atoms with Crippen LogP contribution in [0.1, 0.15) is 46.5 Å². The predicted molar refractivity (Wildman–Crippen MR) is 65.9 cm³/mol. The Morgan fingerprint density at radius 3 is 2.35 bits per heavy atom. The van der Waals surface area contributed by atoms with Gasteiger partial charge in [0.05, 0.1) is 0 Å². The molecule has 1 heterocycles. The van der Waals surface area contributed by atoms with E-state index in [4.69, 9.17) is 4.74 Å². The Bertz CT molecular complexity index is 374. The summed E-state index contributed by atoms with van der Waals surface area (Å²) in [5, 5.41) is 0. The fraction of sp³-hybridized carbons (Fsp3) is 0.846. The SMILES string of the molecule is CC(C)(C)OC(=O)CC[C@@H]1CCCN1C(=O)C(F)(F)F. The molecular formula is C13H20F3NO3. The minimum atomic E-state index is -4.85. The summed E-state index contributed by atoms with van der Waals surface area (Å²) < 4.78 is 42.3. The molecule has 0 N–H and O–H groups in total. The number of amides is 1. The van der Waals surface area contributed by atoms with Crippen LogP contribution in [0, 0.1) is 0 Å².